The number of fused-ring (bicyclic) bond motifs is 3. The fraction of sp³-hybridized carbons (Fsp3) is 0.167. The smallest absolute Gasteiger partial charge is 0.716 e. The third kappa shape index (κ3) is 6.62. The number of benzene rings is 3. The monoisotopic (exact) mass is 505 g/mol. The molecule has 4 rings (SSSR count). The molecule has 0 saturated heterocycles. The van der Waals surface area contributed by atoms with Gasteiger partial charge in [-0.1, -0.05) is 60.7 Å². The molecular formula is C24H20NNaO8S. The summed E-state index contributed by atoms with van der Waals surface area (Å²) in [4.78, 5) is 24.1. The van der Waals surface area contributed by atoms with E-state index < -0.39 is 28.5 Å². The molecule has 3 aromatic rings. The second kappa shape index (κ2) is 11.2. The van der Waals surface area contributed by atoms with E-state index in [4.69, 9.17) is 4.74 Å². The molecule has 0 saturated carbocycles. The molecule has 0 aliphatic heterocycles. The predicted octanol–water partition coefficient (Wildman–Crippen LogP) is 0.0640. The van der Waals surface area contributed by atoms with Crippen molar-refractivity contribution in [2.45, 2.75) is 18.4 Å². The first kappa shape index (κ1) is 26.7. The van der Waals surface area contributed by atoms with Crippen molar-refractivity contribution in [3.63, 3.8) is 0 Å². The van der Waals surface area contributed by atoms with Gasteiger partial charge in [0.1, 0.15) is 18.4 Å². The summed E-state index contributed by atoms with van der Waals surface area (Å²) in [5, 5.41) is 11.9. The van der Waals surface area contributed by atoms with Gasteiger partial charge in [0.15, 0.2) is 0 Å². The van der Waals surface area contributed by atoms with Crippen LogP contribution in [0.1, 0.15) is 22.6 Å². The number of carboxylic acids is 1. The zero-order chi connectivity index (χ0) is 24.3. The average Bonchev–Trinajstić information content (AvgIpc) is 3.11. The van der Waals surface area contributed by atoms with Gasteiger partial charge >= 0.3 is 41.6 Å². The van der Waals surface area contributed by atoms with Crippen molar-refractivity contribution in [2.24, 2.45) is 0 Å². The number of alkyl carbamates (subject to hydrolysis) is 1. The number of hydrogen-bond acceptors (Lipinski definition) is 7. The Hall–Kier alpha value is -2.89. The van der Waals surface area contributed by atoms with Gasteiger partial charge in [0.2, 0.25) is 0 Å². The van der Waals surface area contributed by atoms with E-state index in [9.17, 15) is 27.7 Å². The average molecular weight is 505 g/mol. The number of carbonyl (C=O) groups is 2. The summed E-state index contributed by atoms with van der Waals surface area (Å²) in [5.41, 5.74) is 4.70. The van der Waals surface area contributed by atoms with E-state index in [1.807, 2.05) is 48.5 Å². The molecule has 35 heavy (non-hydrogen) atoms. The number of carbonyl (C=O) groups excluding carboxylic acids is 1. The first-order valence-corrected chi connectivity index (χ1v) is 11.6. The summed E-state index contributed by atoms with van der Waals surface area (Å²) in [5.74, 6) is -1.63. The van der Waals surface area contributed by atoms with Gasteiger partial charge in [0.25, 0.3) is 10.4 Å². The molecule has 0 spiro atoms. The topological polar surface area (TPSA) is 142 Å². The zero-order valence-electron chi connectivity index (χ0n) is 18.7. The minimum atomic E-state index is -4.91. The normalized spacial score (nSPS) is 13.1. The van der Waals surface area contributed by atoms with Gasteiger partial charge in [-0.15, -0.1) is 0 Å². The van der Waals surface area contributed by atoms with Crippen molar-refractivity contribution in [1.82, 2.24) is 5.32 Å². The van der Waals surface area contributed by atoms with Crippen molar-refractivity contribution in [3.8, 4) is 16.9 Å². The Morgan fingerprint density at radius 2 is 1.49 bits per heavy atom. The van der Waals surface area contributed by atoms with Crippen LogP contribution in [0.5, 0.6) is 5.75 Å². The van der Waals surface area contributed by atoms with Crippen LogP contribution in [0.25, 0.3) is 11.1 Å². The molecule has 0 bridgehead atoms. The van der Waals surface area contributed by atoms with E-state index in [0.717, 1.165) is 22.3 Å². The third-order valence-corrected chi connectivity index (χ3v) is 5.89. The summed E-state index contributed by atoms with van der Waals surface area (Å²) < 4.78 is 41.6. The van der Waals surface area contributed by atoms with Crippen LogP contribution in [0.2, 0.25) is 0 Å². The van der Waals surface area contributed by atoms with E-state index in [2.05, 4.69) is 9.50 Å². The fourth-order valence-electron chi connectivity index (χ4n) is 4.02. The first-order valence-electron chi connectivity index (χ1n) is 10.3. The molecular weight excluding hydrogens is 485 g/mol. The largest absolute Gasteiger partial charge is 1.00 e. The van der Waals surface area contributed by atoms with Gasteiger partial charge in [0, 0.05) is 12.3 Å². The molecule has 176 valence electrons. The van der Waals surface area contributed by atoms with Crippen molar-refractivity contribution in [3.05, 3.63) is 89.5 Å². The van der Waals surface area contributed by atoms with E-state index in [-0.39, 0.29) is 54.3 Å². The third-order valence-electron chi connectivity index (χ3n) is 5.50. The Labute approximate surface area is 224 Å². The van der Waals surface area contributed by atoms with Crippen LogP contribution in [-0.4, -0.2) is 42.8 Å². The van der Waals surface area contributed by atoms with E-state index in [0.29, 0.717) is 5.56 Å². The maximum atomic E-state index is 12.4. The van der Waals surface area contributed by atoms with Gasteiger partial charge in [0.05, 0.1) is 0 Å². The Balaban J connectivity index is 0.00000342. The van der Waals surface area contributed by atoms with Crippen molar-refractivity contribution >= 4 is 22.5 Å². The van der Waals surface area contributed by atoms with Gasteiger partial charge in [-0.3, -0.25) is 0 Å². The van der Waals surface area contributed by atoms with Crippen LogP contribution in [0, 0.1) is 0 Å². The SMILES string of the molecule is O=C(N[C@H](Cc1ccc(OS(=O)(=O)[O-])cc1)C(=O)O)OCC1c2ccccc2-c2ccccc21.[Na+]. The summed E-state index contributed by atoms with van der Waals surface area (Å²) in [6.45, 7) is 0.0436. The second-order valence-corrected chi connectivity index (χ2v) is 8.68. The van der Waals surface area contributed by atoms with Crippen molar-refractivity contribution in [2.75, 3.05) is 6.61 Å². The zero-order valence-corrected chi connectivity index (χ0v) is 21.5. The van der Waals surface area contributed by atoms with Crippen molar-refractivity contribution in [1.29, 1.82) is 0 Å². The number of hydrogen-bond donors (Lipinski definition) is 2. The molecule has 0 fully saturated rings. The molecule has 1 aliphatic rings. The predicted molar refractivity (Wildman–Crippen MR) is 120 cm³/mol. The summed E-state index contributed by atoms with van der Waals surface area (Å²) in [6.07, 6.45) is -0.962. The molecule has 1 aliphatic carbocycles. The molecule has 0 radical (unpaired) electrons. The number of rotatable bonds is 8. The second-order valence-electron chi connectivity index (χ2n) is 7.70. The Kier molecular flexibility index (Phi) is 8.57. The number of nitrogens with one attached hydrogen (secondary N) is 1. The van der Waals surface area contributed by atoms with E-state index in [1.54, 1.807) is 0 Å². The molecule has 1 atom stereocenters. The summed E-state index contributed by atoms with van der Waals surface area (Å²) in [7, 11) is -4.91. The van der Waals surface area contributed by atoms with Crippen LogP contribution < -0.4 is 39.1 Å². The molecule has 3 aromatic carbocycles. The minimum Gasteiger partial charge on any atom is -0.716 e. The molecule has 0 unspecified atom stereocenters. The number of aliphatic carboxylic acids is 1. The number of ether oxygens (including phenoxy) is 1. The Bertz CT molecular complexity index is 1280. The molecule has 2 N–H and O–H groups in total. The number of carboxylic acid groups (broad SMARTS) is 1. The molecule has 11 heteroatoms. The van der Waals surface area contributed by atoms with Crippen molar-refractivity contribution < 1.29 is 66.1 Å². The van der Waals surface area contributed by atoms with Crippen LogP contribution in [-0.2, 0) is 26.4 Å². The van der Waals surface area contributed by atoms with Gasteiger partial charge in [-0.25, -0.2) is 18.0 Å². The quantitative estimate of drug-likeness (QED) is 0.249. The van der Waals surface area contributed by atoms with E-state index >= 15 is 0 Å². The summed E-state index contributed by atoms with van der Waals surface area (Å²) >= 11 is 0. The summed E-state index contributed by atoms with van der Waals surface area (Å²) in [6, 6.07) is 19.7. The molecule has 0 aromatic heterocycles. The van der Waals surface area contributed by atoms with Crippen LogP contribution >= 0.6 is 0 Å². The number of amides is 1. The minimum absolute atomic E-state index is 0. The molecule has 9 nitrogen and oxygen atoms in total. The van der Waals surface area contributed by atoms with Crippen LogP contribution in [0.15, 0.2) is 72.8 Å². The fourth-order valence-corrected chi connectivity index (χ4v) is 4.36. The maximum absolute atomic E-state index is 12.4. The molecule has 1 amide bonds. The molecule has 0 heterocycles. The standard InChI is InChI=1S/C24H21NO8S.Na/c26-23(27)22(13-15-9-11-16(12-10-15)33-34(29,30)31)25-24(28)32-14-21-19-7-3-1-5-17(19)18-6-2-4-8-20(18)21;/h1-12,21-22H,13-14H2,(H,25,28)(H,26,27)(H,29,30,31);/q;+1/p-1/t22-;/m1./s1. The van der Waals surface area contributed by atoms with Gasteiger partial charge in [-0.2, -0.15) is 0 Å². The Morgan fingerprint density at radius 3 is 2.00 bits per heavy atom. The van der Waals surface area contributed by atoms with Crippen LogP contribution in [0.4, 0.5) is 4.79 Å². The van der Waals surface area contributed by atoms with Crippen LogP contribution in [0.3, 0.4) is 0 Å². The van der Waals surface area contributed by atoms with E-state index in [1.165, 1.54) is 24.3 Å². The maximum Gasteiger partial charge on any atom is 1.00 e. The van der Waals surface area contributed by atoms with Gasteiger partial charge in [-0.05, 0) is 39.9 Å². The Morgan fingerprint density at radius 1 is 0.943 bits per heavy atom. The first-order chi connectivity index (χ1) is 16.2. The van der Waals surface area contributed by atoms with Gasteiger partial charge < -0.3 is 23.9 Å².